The van der Waals surface area contributed by atoms with Crippen molar-refractivity contribution in [3.05, 3.63) is 41.1 Å². The van der Waals surface area contributed by atoms with E-state index in [-0.39, 0.29) is 11.3 Å². The second-order valence-electron chi connectivity index (χ2n) is 9.96. The molecule has 0 spiro atoms. The lowest BCUT2D eigenvalue weighted by Gasteiger charge is -2.35. The topological polar surface area (TPSA) is 97.4 Å². The van der Waals surface area contributed by atoms with Crippen LogP contribution in [-0.2, 0) is 22.4 Å². The van der Waals surface area contributed by atoms with Crippen molar-refractivity contribution < 1.29 is 19.1 Å². The maximum absolute atomic E-state index is 13.2. The summed E-state index contributed by atoms with van der Waals surface area (Å²) < 4.78 is 5.35. The molecule has 2 N–H and O–H groups in total. The van der Waals surface area contributed by atoms with E-state index in [1.165, 1.54) is 0 Å². The van der Waals surface area contributed by atoms with E-state index in [2.05, 4.69) is 31.4 Å². The SMILES string of the molecule is CC(C)CNC(=O)NC(=O)COC(=O)c1c2c(nc3ccccc13)CC[C@@H](C(C)(C)C)C2. The maximum atomic E-state index is 13.2. The Hall–Kier alpha value is -2.96. The highest BCUT2D eigenvalue weighted by Crippen LogP contribution is 2.39. The number of carbonyl (C=O) groups excluding carboxylic acids is 3. The van der Waals surface area contributed by atoms with Gasteiger partial charge in [-0.15, -0.1) is 0 Å². The van der Waals surface area contributed by atoms with Crippen LogP contribution in [0.25, 0.3) is 10.9 Å². The number of esters is 1. The Morgan fingerprint density at radius 3 is 2.59 bits per heavy atom. The molecular formula is C25H33N3O4. The zero-order chi connectivity index (χ0) is 23.5. The van der Waals surface area contributed by atoms with E-state index in [0.29, 0.717) is 18.0 Å². The highest BCUT2D eigenvalue weighted by atomic mass is 16.5. The lowest BCUT2D eigenvalue weighted by Crippen LogP contribution is -2.42. The Labute approximate surface area is 189 Å². The van der Waals surface area contributed by atoms with Gasteiger partial charge in [0.1, 0.15) is 0 Å². The summed E-state index contributed by atoms with van der Waals surface area (Å²) in [5.74, 6) is -0.555. The number of rotatable bonds is 5. The highest BCUT2D eigenvalue weighted by molar-refractivity contribution is 6.06. The van der Waals surface area contributed by atoms with Gasteiger partial charge in [-0.05, 0) is 48.1 Å². The number of amides is 3. The number of imide groups is 1. The number of ether oxygens (including phenoxy) is 1. The van der Waals surface area contributed by atoms with Crippen LogP contribution in [0.2, 0.25) is 0 Å². The number of urea groups is 1. The van der Waals surface area contributed by atoms with Gasteiger partial charge in [0, 0.05) is 17.6 Å². The number of nitrogens with one attached hydrogen (secondary N) is 2. The van der Waals surface area contributed by atoms with Crippen LogP contribution in [0.3, 0.4) is 0 Å². The summed E-state index contributed by atoms with van der Waals surface area (Å²) in [4.78, 5) is 41.9. The van der Waals surface area contributed by atoms with Gasteiger partial charge in [-0.25, -0.2) is 9.59 Å². The fourth-order valence-electron chi connectivity index (χ4n) is 4.07. The predicted molar refractivity (Wildman–Crippen MR) is 123 cm³/mol. The van der Waals surface area contributed by atoms with Crippen LogP contribution >= 0.6 is 0 Å². The van der Waals surface area contributed by atoms with Crippen LogP contribution in [0, 0.1) is 17.3 Å². The van der Waals surface area contributed by atoms with Crippen molar-refractivity contribution in [2.45, 2.75) is 53.9 Å². The van der Waals surface area contributed by atoms with Gasteiger partial charge in [0.2, 0.25) is 0 Å². The molecule has 0 unspecified atom stereocenters. The van der Waals surface area contributed by atoms with Gasteiger partial charge in [0.25, 0.3) is 5.91 Å². The Kier molecular flexibility index (Phi) is 7.16. The van der Waals surface area contributed by atoms with Gasteiger partial charge in [0.15, 0.2) is 6.61 Å². The number of nitrogens with zero attached hydrogens (tertiary/aromatic N) is 1. The Morgan fingerprint density at radius 1 is 1.19 bits per heavy atom. The number of aryl methyl sites for hydroxylation is 1. The van der Waals surface area contributed by atoms with E-state index in [1.54, 1.807) is 0 Å². The van der Waals surface area contributed by atoms with Crippen molar-refractivity contribution in [3.63, 3.8) is 0 Å². The molecule has 7 heteroatoms. The molecular weight excluding hydrogens is 406 g/mol. The minimum atomic E-state index is -0.667. The van der Waals surface area contributed by atoms with Crippen LogP contribution < -0.4 is 10.6 Å². The summed E-state index contributed by atoms with van der Waals surface area (Å²) in [7, 11) is 0. The van der Waals surface area contributed by atoms with Crippen LogP contribution in [0.5, 0.6) is 0 Å². The molecule has 0 fully saturated rings. The van der Waals surface area contributed by atoms with Crippen molar-refractivity contribution in [2.24, 2.45) is 17.3 Å². The van der Waals surface area contributed by atoms with Gasteiger partial charge >= 0.3 is 12.0 Å². The molecule has 32 heavy (non-hydrogen) atoms. The summed E-state index contributed by atoms with van der Waals surface area (Å²) in [5, 5.41) is 5.51. The molecule has 172 valence electrons. The first-order chi connectivity index (χ1) is 15.1. The van der Waals surface area contributed by atoms with Gasteiger partial charge in [-0.3, -0.25) is 15.1 Å². The average Bonchev–Trinajstić information content (AvgIpc) is 2.73. The molecule has 0 bridgehead atoms. The quantitative estimate of drug-likeness (QED) is 0.686. The summed E-state index contributed by atoms with van der Waals surface area (Å²) in [6.07, 6.45) is 2.56. The van der Waals surface area contributed by atoms with Crippen LogP contribution in [0.4, 0.5) is 4.79 Å². The Balaban J connectivity index is 1.80. The number of carbonyl (C=O) groups is 3. The molecule has 2 aromatic rings. The first-order valence-corrected chi connectivity index (χ1v) is 11.2. The molecule has 3 amide bonds. The van der Waals surface area contributed by atoms with E-state index in [1.807, 2.05) is 38.1 Å². The van der Waals surface area contributed by atoms with E-state index in [0.717, 1.165) is 41.4 Å². The number of fused-ring (bicyclic) bond motifs is 2. The third-order valence-electron chi connectivity index (χ3n) is 5.95. The van der Waals surface area contributed by atoms with Crippen molar-refractivity contribution in [1.29, 1.82) is 0 Å². The van der Waals surface area contributed by atoms with E-state index in [4.69, 9.17) is 9.72 Å². The summed E-state index contributed by atoms with van der Waals surface area (Å²) in [6, 6.07) is 6.90. The average molecular weight is 440 g/mol. The standard InChI is InChI=1S/C25H33N3O4/c1-15(2)13-26-24(31)28-21(29)14-32-23(30)22-17-8-6-7-9-19(17)27-20-11-10-16(12-18(20)22)25(3,4)5/h6-9,15-16H,10-14H2,1-5H3,(H2,26,28,29,31)/t16-/m1/s1. The minimum Gasteiger partial charge on any atom is -0.452 e. The minimum absolute atomic E-state index is 0.105. The molecule has 1 aromatic carbocycles. The third kappa shape index (κ3) is 5.64. The molecule has 3 rings (SSSR count). The lowest BCUT2D eigenvalue weighted by atomic mass is 9.70. The molecule has 0 radical (unpaired) electrons. The Bertz CT molecular complexity index is 1020. The van der Waals surface area contributed by atoms with Crippen molar-refractivity contribution in [1.82, 2.24) is 15.6 Å². The van der Waals surface area contributed by atoms with E-state index < -0.39 is 24.5 Å². The molecule has 0 saturated carbocycles. The normalized spacial score (nSPS) is 15.9. The Morgan fingerprint density at radius 2 is 1.91 bits per heavy atom. The number of hydrogen-bond acceptors (Lipinski definition) is 5. The summed E-state index contributed by atoms with van der Waals surface area (Å²) in [6.45, 7) is 10.5. The van der Waals surface area contributed by atoms with Gasteiger partial charge in [-0.1, -0.05) is 52.8 Å². The van der Waals surface area contributed by atoms with Gasteiger partial charge < -0.3 is 10.1 Å². The van der Waals surface area contributed by atoms with Crippen molar-refractivity contribution in [3.8, 4) is 0 Å². The number of aromatic nitrogens is 1. The fourth-order valence-corrected chi connectivity index (χ4v) is 4.07. The first kappa shape index (κ1) is 23.7. The number of pyridine rings is 1. The third-order valence-corrected chi connectivity index (χ3v) is 5.95. The highest BCUT2D eigenvalue weighted by Gasteiger charge is 2.33. The maximum Gasteiger partial charge on any atom is 0.339 e. The molecule has 0 saturated heterocycles. The van der Waals surface area contributed by atoms with E-state index in [9.17, 15) is 14.4 Å². The summed E-state index contributed by atoms with van der Waals surface area (Å²) >= 11 is 0. The monoisotopic (exact) mass is 439 g/mol. The van der Waals surface area contributed by atoms with Crippen LogP contribution in [-0.4, -0.2) is 36.0 Å². The molecule has 1 heterocycles. The molecule has 1 aromatic heterocycles. The lowest BCUT2D eigenvalue weighted by molar-refractivity contribution is -0.123. The summed E-state index contributed by atoms with van der Waals surface area (Å²) in [5.41, 5.74) is 3.17. The van der Waals surface area contributed by atoms with Gasteiger partial charge in [-0.2, -0.15) is 0 Å². The number of benzene rings is 1. The van der Waals surface area contributed by atoms with Crippen LogP contribution in [0.15, 0.2) is 24.3 Å². The molecule has 7 nitrogen and oxygen atoms in total. The van der Waals surface area contributed by atoms with Crippen LogP contribution in [0.1, 0.15) is 62.7 Å². The molecule has 1 aliphatic carbocycles. The first-order valence-electron chi connectivity index (χ1n) is 11.2. The smallest absolute Gasteiger partial charge is 0.339 e. The zero-order valence-electron chi connectivity index (χ0n) is 19.6. The number of hydrogen-bond donors (Lipinski definition) is 2. The largest absolute Gasteiger partial charge is 0.452 e. The fraction of sp³-hybridized carbons (Fsp3) is 0.520. The van der Waals surface area contributed by atoms with Crippen molar-refractivity contribution in [2.75, 3.05) is 13.2 Å². The van der Waals surface area contributed by atoms with Gasteiger partial charge in [0.05, 0.1) is 11.1 Å². The molecule has 1 atom stereocenters. The predicted octanol–water partition coefficient (Wildman–Crippen LogP) is 4.02. The second kappa shape index (κ2) is 9.67. The zero-order valence-corrected chi connectivity index (χ0v) is 19.6. The second-order valence-corrected chi connectivity index (χ2v) is 9.96. The molecule has 0 aliphatic heterocycles. The number of para-hydroxylation sites is 1. The van der Waals surface area contributed by atoms with E-state index >= 15 is 0 Å². The molecule has 1 aliphatic rings. The van der Waals surface area contributed by atoms with Crippen molar-refractivity contribution >= 4 is 28.8 Å².